The monoisotopic (exact) mass is 241 g/mol. The Labute approximate surface area is 101 Å². The SMILES string of the molecule is CC(C)(C)SC1=CC(=O)N(C(C)(C)C)C1=O. The Morgan fingerprint density at radius 3 is 1.88 bits per heavy atom. The summed E-state index contributed by atoms with van der Waals surface area (Å²) in [7, 11) is 0. The molecule has 0 saturated heterocycles. The summed E-state index contributed by atoms with van der Waals surface area (Å²) in [5.41, 5.74) is -0.454. The van der Waals surface area contributed by atoms with Crippen LogP contribution in [0.4, 0.5) is 0 Å². The molecule has 16 heavy (non-hydrogen) atoms. The molecule has 2 amide bonds. The van der Waals surface area contributed by atoms with Gasteiger partial charge in [-0.1, -0.05) is 20.8 Å². The normalized spacial score (nSPS) is 18.1. The largest absolute Gasteiger partial charge is 0.269 e. The number of carbonyl (C=O) groups is 2. The van der Waals surface area contributed by atoms with Gasteiger partial charge in [0.15, 0.2) is 0 Å². The molecule has 90 valence electrons. The highest BCUT2D eigenvalue weighted by atomic mass is 32.2. The number of imide groups is 1. The van der Waals surface area contributed by atoms with Gasteiger partial charge in [0.25, 0.3) is 11.8 Å². The van der Waals surface area contributed by atoms with E-state index in [4.69, 9.17) is 0 Å². The summed E-state index contributed by atoms with van der Waals surface area (Å²) in [6.07, 6.45) is 1.45. The number of carbonyl (C=O) groups excluding carboxylic acids is 2. The maximum atomic E-state index is 12.1. The maximum absolute atomic E-state index is 12.1. The maximum Gasteiger partial charge on any atom is 0.267 e. The van der Waals surface area contributed by atoms with Gasteiger partial charge >= 0.3 is 0 Å². The lowest BCUT2D eigenvalue weighted by molar-refractivity contribution is -0.142. The van der Waals surface area contributed by atoms with Gasteiger partial charge in [-0.15, -0.1) is 11.8 Å². The predicted molar refractivity (Wildman–Crippen MR) is 67.0 cm³/mol. The van der Waals surface area contributed by atoms with E-state index in [1.54, 1.807) is 0 Å². The Bertz CT molecular complexity index is 358. The lowest BCUT2D eigenvalue weighted by Gasteiger charge is -2.30. The number of hydrogen-bond donors (Lipinski definition) is 0. The number of amides is 2. The first kappa shape index (κ1) is 13.3. The zero-order valence-electron chi connectivity index (χ0n) is 10.7. The number of thioether (sulfide) groups is 1. The van der Waals surface area contributed by atoms with Crippen molar-refractivity contribution in [2.24, 2.45) is 0 Å². The average Bonchev–Trinajstić information content (AvgIpc) is 2.21. The van der Waals surface area contributed by atoms with Crippen LogP contribution < -0.4 is 0 Å². The molecule has 1 rings (SSSR count). The van der Waals surface area contributed by atoms with Crippen LogP contribution in [0.15, 0.2) is 11.0 Å². The van der Waals surface area contributed by atoms with Crippen LogP contribution in [0.3, 0.4) is 0 Å². The first-order chi connectivity index (χ1) is 7.02. The van der Waals surface area contributed by atoms with E-state index < -0.39 is 5.54 Å². The third kappa shape index (κ3) is 2.88. The fourth-order valence-corrected chi connectivity index (χ4v) is 2.48. The zero-order chi connectivity index (χ0) is 12.7. The quantitative estimate of drug-likeness (QED) is 0.662. The van der Waals surface area contributed by atoms with Crippen LogP contribution in [0.2, 0.25) is 0 Å². The van der Waals surface area contributed by atoms with E-state index in [2.05, 4.69) is 0 Å². The molecule has 0 radical (unpaired) electrons. The summed E-state index contributed by atoms with van der Waals surface area (Å²) in [6, 6.07) is 0. The van der Waals surface area contributed by atoms with Crippen LogP contribution in [0, 0.1) is 0 Å². The van der Waals surface area contributed by atoms with Gasteiger partial charge in [0.1, 0.15) is 0 Å². The minimum absolute atomic E-state index is 0.0599. The van der Waals surface area contributed by atoms with Crippen molar-refractivity contribution in [3.63, 3.8) is 0 Å². The van der Waals surface area contributed by atoms with Crippen molar-refractivity contribution in [2.45, 2.75) is 51.8 Å². The summed E-state index contributed by atoms with van der Waals surface area (Å²) in [5.74, 6) is -0.373. The molecule has 0 aromatic heterocycles. The van der Waals surface area contributed by atoms with E-state index in [0.29, 0.717) is 4.91 Å². The molecule has 0 atom stereocenters. The summed E-state index contributed by atoms with van der Waals surface area (Å²) in [6.45, 7) is 11.7. The van der Waals surface area contributed by atoms with E-state index in [-0.39, 0.29) is 16.6 Å². The lowest BCUT2D eigenvalue weighted by Crippen LogP contribution is -2.45. The van der Waals surface area contributed by atoms with Crippen molar-refractivity contribution in [3.8, 4) is 0 Å². The smallest absolute Gasteiger partial charge is 0.267 e. The molecule has 4 heteroatoms. The van der Waals surface area contributed by atoms with Gasteiger partial charge in [0, 0.05) is 16.4 Å². The molecule has 1 heterocycles. The van der Waals surface area contributed by atoms with Crippen molar-refractivity contribution in [3.05, 3.63) is 11.0 Å². The molecule has 0 spiro atoms. The lowest BCUT2D eigenvalue weighted by atomic mass is 10.1. The topological polar surface area (TPSA) is 37.4 Å². The third-order valence-corrected chi connectivity index (χ3v) is 3.10. The van der Waals surface area contributed by atoms with Crippen LogP contribution in [0.1, 0.15) is 41.5 Å². The Kier molecular flexibility index (Phi) is 3.25. The molecule has 1 aliphatic heterocycles. The van der Waals surface area contributed by atoms with Crippen LogP contribution in [-0.4, -0.2) is 27.0 Å². The molecule has 1 aliphatic rings. The minimum Gasteiger partial charge on any atom is -0.269 e. The summed E-state index contributed by atoms with van der Waals surface area (Å²) >= 11 is 1.45. The molecule has 0 fully saturated rings. The standard InChI is InChI=1S/C12H19NO2S/c1-11(2,3)13-9(14)7-8(10(13)15)16-12(4,5)6/h7H,1-6H3. The molecule has 0 aromatic rings. The van der Waals surface area contributed by atoms with Gasteiger partial charge in [-0.3, -0.25) is 14.5 Å². The minimum atomic E-state index is -0.454. The molecule has 3 nitrogen and oxygen atoms in total. The number of rotatable bonds is 1. The van der Waals surface area contributed by atoms with Gasteiger partial charge < -0.3 is 0 Å². The van der Waals surface area contributed by atoms with Crippen molar-refractivity contribution in [2.75, 3.05) is 0 Å². The number of nitrogens with zero attached hydrogens (tertiary/aromatic N) is 1. The molecule has 0 unspecified atom stereocenters. The van der Waals surface area contributed by atoms with Crippen molar-refractivity contribution in [1.29, 1.82) is 0 Å². The van der Waals surface area contributed by atoms with Gasteiger partial charge in [-0.2, -0.15) is 0 Å². The van der Waals surface area contributed by atoms with E-state index in [1.165, 1.54) is 22.7 Å². The molecule has 0 N–H and O–H groups in total. The fraction of sp³-hybridized carbons (Fsp3) is 0.667. The van der Waals surface area contributed by atoms with E-state index >= 15 is 0 Å². The van der Waals surface area contributed by atoms with Crippen LogP contribution in [0.25, 0.3) is 0 Å². The third-order valence-electron chi connectivity index (χ3n) is 1.98. The summed E-state index contributed by atoms with van der Waals surface area (Å²) in [5, 5.41) is 0. The zero-order valence-corrected chi connectivity index (χ0v) is 11.6. The van der Waals surface area contributed by atoms with Crippen LogP contribution >= 0.6 is 11.8 Å². The number of hydrogen-bond acceptors (Lipinski definition) is 3. The van der Waals surface area contributed by atoms with Crippen molar-refractivity contribution in [1.82, 2.24) is 4.90 Å². The second-order valence-electron chi connectivity index (χ2n) is 5.87. The van der Waals surface area contributed by atoms with Gasteiger partial charge in [0.05, 0.1) is 4.91 Å². The summed E-state index contributed by atoms with van der Waals surface area (Å²) in [4.78, 5) is 25.7. The van der Waals surface area contributed by atoms with Gasteiger partial charge in [-0.05, 0) is 20.8 Å². The molecular formula is C12H19NO2S. The predicted octanol–water partition coefficient (Wildman–Crippen LogP) is 2.57. The van der Waals surface area contributed by atoms with E-state index in [0.717, 1.165) is 0 Å². The molecule has 0 saturated carbocycles. The van der Waals surface area contributed by atoms with Crippen molar-refractivity contribution >= 4 is 23.6 Å². The highest BCUT2D eigenvalue weighted by molar-refractivity contribution is 8.05. The second kappa shape index (κ2) is 3.91. The molecular weight excluding hydrogens is 222 g/mol. The summed E-state index contributed by atoms with van der Waals surface area (Å²) < 4.78 is -0.0599. The van der Waals surface area contributed by atoms with Crippen LogP contribution in [-0.2, 0) is 9.59 Å². The average molecular weight is 241 g/mol. The Morgan fingerprint density at radius 1 is 1.06 bits per heavy atom. The Hall–Kier alpha value is -0.770. The van der Waals surface area contributed by atoms with E-state index in [1.807, 2.05) is 41.5 Å². The van der Waals surface area contributed by atoms with Crippen molar-refractivity contribution < 1.29 is 9.59 Å². The Balaban J connectivity index is 2.92. The van der Waals surface area contributed by atoms with Gasteiger partial charge in [-0.25, -0.2) is 0 Å². The highest BCUT2D eigenvalue weighted by Gasteiger charge is 2.39. The molecule has 0 aliphatic carbocycles. The Morgan fingerprint density at radius 2 is 1.56 bits per heavy atom. The second-order valence-corrected chi connectivity index (χ2v) is 7.74. The van der Waals surface area contributed by atoms with Gasteiger partial charge in [0.2, 0.25) is 0 Å². The first-order valence-corrected chi connectivity index (χ1v) is 6.13. The van der Waals surface area contributed by atoms with Crippen LogP contribution in [0.5, 0.6) is 0 Å². The van der Waals surface area contributed by atoms with E-state index in [9.17, 15) is 9.59 Å². The first-order valence-electron chi connectivity index (χ1n) is 5.31. The fourth-order valence-electron chi connectivity index (χ4n) is 1.49. The highest BCUT2D eigenvalue weighted by Crippen LogP contribution is 2.36. The molecule has 0 aromatic carbocycles. The molecule has 0 bridgehead atoms.